The first-order chi connectivity index (χ1) is 12.1. The Kier molecular flexibility index (Phi) is 4.76. The van der Waals surface area contributed by atoms with Gasteiger partial charge in [-0.1, -0.05) is 0 Å². The van der Waals surface area contributed by atoms with Crippen LogP contribution in [0, 0.1) is 0 Å². The summed E-state index contributed by atoms with van der Waals surface area (Å²) in [5, 5.41) is 0. The third-order valence-corrected chi connectivity index (χ3v) is 4.74. The van der Waals surface area contributed by atoms with Crippen LogP contribution in [0.15, 0.2) is 22.8 Å². The number of ether oxygens (including phenoxy) is 1. The number of imidazole rings is 1. The highest BCUT2D eigenvalue weighted by Crippen LogP contribution is 2.45. The smallest absolute Gasteiger partial charge is 0.405 e. The lowest BCUT2D eigenvalue weighted by molar-refractivity contribution is -0.274. The first-order valence-corrected chi connectivity index (χ1v) is 8.71. The standard InChI is InChI=1S/C17H17BrF3N3O2/c1-23(2)16(25)10-6-7-11(12(8-10)26-17(19,20)21)15-22-14(18)13(24(15)3)9-4-5-9/h6-9H,4-5H2,1-3H3. The van der Waals surface area contributed by atoms with Crippen LogP contribution in [0.5, 0.6) is 5.75 Å². The summed E-state index contributed by atoms with van der Waals surface area (Å²) >= 11 is 3.39. The van der Waals surface area contributed by atoms with Gasteiger partial charge in [0.2, 0.25) is 0 Å². The van der Waals surface area contributed by atoms with Crippen molar-refractivity contribution in [2.24, 2.45) is 7.05 Å². The van der Waals surface area contributed by atoms with Crippen LogP contribution in [-0.4, -0.2) is 40.8 Å². The topological polar surface area (TPSA) is 47.4 Å². The molecule has 1 aromatic heterocycles. The lowest BCUT2D eigenvalue weighted by Crippen LogP contribution is -2.22. The fourth-order valence-corrected chi connectivity index (χ4v) is 3.58. The molecule has 1 fully saturated rings. The predicted molar refractivity (Wildman–Crippen MR) is 93.0 cm³/mol. The maximum Gasteiger partial charge on any atom is 0.573 e. The second-order valence-electron chi connectivity index (χ2n) is 6.40. The molecule has 1 amide bonds. The van der Waals surface area contributed by atoms with E-state index in [1.54, 1.807) is 11.6 Å². The van der Waals surface area contributed by atoms with Gasteiger partial charge in [0.1, 0.15) is 16.2 Å². The first-order valence-electron chi connectivity index (χ1n) is 7.92. The molecule has 3 rings (SSSR count). The molecule has 1 aromatic carbocycles. The molecule has 5 nitrogen and oxygen atoms in total. The lowest BCUT2D eigenvalue weighted by atomic mass is 10.1. The Hall–Kier alpha value is -2.03. The molecule has 0 N–H and O–H groups in total. The number of hydrogen-bond donors (Lipinski definition) is 0. The SMILES string of the molecule is CN(C)C(=O)c1ccc(-c2nc(Br)c(C3CC3)n2C)c(OC(F)(F)F)c1. The van der Waals surface area contributed by atoms with Crippen LogP contribution in [0.25, 0.3) is 11.4 Å². The van der Waals surface area contributed by atoms with Crippen LogP contribution in [0.4, 0.5) is 13.2 Å². The van der Waals surface area contributed by atoms with Crippen LogP contribution >= 0.6 is 15.9 Å². The normalized spacial score (nSPS) is 14.4. The summed E-state index contributed by atoms with van der Waals surface area (Å²) in [5.74, 6) is -0.157. The second-order valence-corrected chi connectivity index (χ2v) is 7.15. The van der Waals surface area contributed by atoms with Crippen LogP contribution < -0.4 is 4.74 Å². The molecule has 0 saturated heterocycles. The average Bonchev–Trinajstić information content (AvgIpc) is 3.31. The lowest BCUT2D eigenvalue weighted by Gasteiger charge is -2.16. The van der Waals surface area contributed by atoms with Crippen molar-refractivity contribution in [2.45, 2.75) is 25.1 Å². The van der Waals surface area contributed by atoms with Gasteiger partial charge in [-0.2, -0.15) is 0 Å². The Balaban J connectivity index is 2.11. The largest absolute Gasteiger partial charge is 0.573 e. The molecule has 0 aliphatic heterocycles. The minimum Gasteiger partial charge on any atom is -0.405 e. The number of rotatable bonds is 4. The van der Waals surface area contributed by atoms with Gasteiger partial charge in [-0.05, 0) is 47.0 Å². The van der Waals surface area contributed by atoms with Gasteiger partial charge in [0, 0.05) is 32.6 Å². The average molecular weight is 432 g/mol. The quantitative estimate of drug-likeness (QED) is 0.723. The van der Waals surface area contributed by atoms with Crippen molar-refractivity contribution in [3.05, 3.63) is 34.1 Å². The van der Waals surface area contributed by atoms with Crippen LogP contribution in [0.3, 0.4) is 0 Å². The molecule has 9 heteroatoms. The summed E-state index contributed by atoms with van der Waals surface area (Å²) in [6.07, 6.45) is -2.82. The third-order valence-electron chi connectivity index (χ3n) is 4.16. The van der Waals surface area contributed by atoms with E-state index >= 15 is 0 Å². The van der Waals surface area contributed by atoms with Gasteiger partial charge in [0.25, 0.3) is 5.91 Å². The molecule has 1 heterocycles. The van der Waals surface area contributed by atoms with Gasteiger partial charge < -0.3 is 14.2 Å². The van der Waals surface area contributed by atoms with E-state index in [9.17, 15) is 18.0 Å². The number of alkyl halides is 3. The zero-order valence-electron chi connectivity index (χ0n) is 14.4. The van der Waals surface area contributed by atoms with Crippen molar-refractivity contribution in [1.29, 1.82) is 0 Å². The Morgan fingerprint density at radius 2 is 2.00 bits per heavy atom. The van der Waals surface area contributed by atoms with Crippen molar-refractivity contribution in [2.75, 3.05) is 14.1 Å². The molecule has 1 saturated carbocycles. The van der Waals surface area contributed by atoms with Gasteiger partial charge in [0.05, 0.1) is 11.3 Å². The Bertz CT molecular complexity index is 858. The van der Waals surface area contributed by atoms with Gasteiger partial charge in [-0.25, -0.2) is 4.98 Å². The molecule has 1 aliphatic carbocycles. The van der Waals surface area contributed by atoms with Crippen molar-refractivity contribution >= 4 is 21.8 Å². The second kappa shape index (κ2) is 6.61. The fraction of sp³-hybridized carbons (Fsp3) is 0.412. The van der Waals surface area contributed by atoms with Crippen molar-refractivity contribution in [3.63, 3.8) is 0 Å². The number of aromatic nitrogens is 2. The Labute approximate surface area is 156 Å². The molecule has 1 aliphatic rings. The minimum absolute atomic E-state index is 0.105. The Morgan fingerprint density at radius 3 is 2.54 bits per heavy atom. The first kappa shape index (κ1) is 18.8. The molecule has 0 radical (unpaired) electrons. The molecule has 0 spiro atoms. The van der Waals surface area contributed by atoms with E-state index in [1.807, 2.05) is 0 Å². The van der Waals surface area contributed by atoms with E-state index in [-0.39, 0.29) is 11.1 Å². The summed E-state index contributed by atoms with van der Waals surface area (Å²) < 4.78 is 45.3. The van der Waals surface area contributed by atoms with Crippen molar-refractivity contribution in [3.8, 4) is 17.1 Å². The molecule has 0 bridgehead atoms. The highest BCUT2D eigenvalue weighted by atomic mass is 79.9. The van der Waals surface area contributed by atoms with E-state index in [2.05, 4.69) is 25.7 Å². The number of amides is 1. The Morgan fingerprint density at radius 1 is 1.35 bits per heavy atom. The summed E-state index contributed by atoms with van der Waals surface area (Å²) in [4.78, 5) is 17.8. The minimum atomic E-state index is -4.88. The number of benzene rings is 1. The van der Waals surface area contributed by atoms with Gasteiger partial charge in [0.15, 0.2) is 0 Å². The van der Waals surface area contributed by atoms with Crippen molar-refractivity contribution in [1.82, 2.24) is 14.5 Å². The maximum atomic E-state index is 12.9. The maximum absolute atomic E-state index is 12.9. The monoisotopic (exact) mass is 431 g/mol. The number of nitrogens with zero attached hydrogens (tertiary/aromatic N) is 3. The molecule has 0 unspecified atom stereocenters. The molecule has 26 heavy (non-hydrogen) atoms. The molecule has 140 valence electrons. The van der Waals surface area contributed by atoms with Gasteiger partial charge in [-0.15, -0.1) is 13.2 Å². The van der Waals surface area contributed by atoms with Crippen LogP contribution in [0.2, 0.25) is 0 Å². The van der Waals surface area contributed by atoms with E-state index < -0.39 is 18.0 Å². The predicted octanol–water partition coefficient (Wildman–Crippen LogP) is 4.33. The number of carbonyl (C=O) groups excluding carboxylic acids is 1. The molecule has 2 aromatic rings. The van der Waals surface area contributed by atoms with E-state index in [0.29, 0.717) is 16.3 Å². The molecule has 0 atom stereocenters. The highest BCUT2D eigenvalue weighted by molar-refractivity contribution is 9.10. The van der Waals surface area contributed by atoms with Gasteiger partial charge >= 0.3 is 6.36 Å². The number of carbonyl (C=O) groups is 1. The third kappa shape index (κ3) is 3.72. The molecular formula is C17H17BrF3N3O2. The number of halogens is 4. The summed E-state index contributed by atoms with van der Waals surface area (Å²) in [6, 6.07) is 4.01. The highest BCUT2D eigenvalue weighted by Gasteiger charge is 2.35. The van der Waals surface area contributed by atoms with E-state index in [4.69, 9.17) is 0 Å². The van der Waals surface area contributed by atoms with Crippen LogP contribution in [-0.2, 0) is 7.05 Å². The van der Waals surface area contributed by atoms with E-state index in [0.717, 1.165) is 24.6 Å². The fourth-order valence-electron chi connectivity index (χ4n) is 2.83. The van der Waals surface area contributed by atoms with Crippen molar-refractivity contribution < 1.29 is 22.7 Å². The zero-order valence-corrected chi connectivity index (χ0v) is 16.0. The summed E-state index contributed by atoms with van der Waals surface area (Å²) in [5.41, 5.74) is 1.23. The molecular weight excluding hydrogens is 415 g/mol. The summed E-state index contributed by atoms with van der Waals surface area (Å²) in [7, 11) is 4.81. The summed E-state index contributed by atoms with van der Waals surface area (Å²) in [6.45, 7) is 0. The van der Waals surface area contributed by atoms with E-state index in [1.165, 1.54) is 31.1 Å². The van der Waals surface area contributed by atoms with Gasteiger partial charge in [-0.3, -0.25) is 4.79 Å². The zero-order chi connectivity index (χ0) is 19.2. The number of hydrogen-bond acceptors (Lipinski definition) is 3. The van der Waals surface area contributed by atoms with Crippen LogP contribution in [0.1, 0.15) is 34.8 Å².